The van der Waals surface area contributed by atoms with Crippen LogP contribution >= 0.6 is 11.3 Å². The van der Waals surface area contributed by atoms with E-state index in [0.29, 0.717) is 26.3 Å². The van der Waals surface area contributed by atoms with Crippen LogP contribution in [0.3, 0.4) is 0 Å². The Balaban J connectivity index is 1.61. The lowest BCUT2D eigenvalue weighted by Crippen LogP contribution is -2.28. The second-order valence-corrected chi connectivity index (χ2v) is 7.37. The van der Waals surface area contributed by atoms with Gasteiger partial charge in [0.05, 0.1) is 11.7 Å². The molecule has 0 unspecified atom stereocenters. The van der Waals surface area contributed by atoms with Gasteiger partial charge >= 0.3 is 0 Å². The number of nitrogens with zero attached hydrogens (tertiary/aromatic N) is 2. The zero-order chi connectivity index (χ0) is 17.6. The van der Waals surface area contributed by atoms with E-state index in [-0.39, 0.29) is 17.9 Å². The van der Waals surface area contributed by atoms with Crippen LogP contribution in [0.5, 0.6) is 0 Å². The molecule has 2 aromatic heterocycles. The highest BCUT2D eigenvalue weighted by Gasteiger charge is 2.20. The number of hydrogen-bond acceptors (Lipinski definition) is 5. The van der Waals surface area contributed by atoms with Gasteiger partial charge in [-0.15, -0.1) is 11.3 Å². The van der Waals surface area contributed by atoms with Crippen molar-refractivity contribution in [2.75, 3.05) is 19.8 Å². The molecule has 0 bridgehead atoms. The van der Waals surface area contributed by atoms with Gasteiger partial charge in [0.25, 0.3) is 5.56 Å². The number of thiophene rings is 1. The van der Waals surface area contributed by atoms with Gasteiger partial charge in [0.15, 0.2) is 0 Å². The summed E-state index contributed by atoms with van der Waals surface area (Å²) in [6, 6.07) is 0. The minimum absolute atomic E-state index is 0.00598. The van der Waals surface area contributed by atoms with Crippen LogP contribution in [-0.2, 0) is 28.9 Å². The highest BCUT2D eigenvalue weighted by atomic mass is 32.1. The highest BCUT2D eigenvalue weighted by Crippen LogP contribution is 2.33. The average molecular weight is 363 g/mol. The SMILES string of the molecule is CCOCCCNC(=O)CCn1cnc2sc3c(c2c1=O)CCCC3. The van der Waals surface area contributed by atoms with E-state index in [1.165, 1.54) is 16.9 Å². The summed E-state index contributed by atoms with van der Waals surface area (Å²) >= 11 is 1.65. The van der Waals surface area contributed by atoms with Crippen molar-refractivity contribution < 1.29 is 9.53 Å². The van der Waals surface area contributed by atoms with Gasteiger partial charge in [0, 0.05) is 37.6 Å². The third-order valence-electron chi connectivity index (χ3n) is 4.51. The second-order valence-electron chi connectivity index (χ2n) is 6.28. The van der Waals surface area contributed by atoms with Gasteiger partial charge < -0.3 is 10.1 Å². The summed E-state index contributed by atoms with van der Waals surface area (Å²) in [4.78, 5) is 31.3. The van der Waals surface area contributed by atoms with Crippen LogP contribution in [0, 0.1) is 0 Å². The van der Waals surface area contributed by atoms with Crippen molar-refractivity contribution >= 4 is 27.5 Å². The van der Waals surface area contributed by atoms with Crippen molar-refractivity contribution in [3.63, 3.8) is 0 Å². The van der Waals surface area contributed by atoms with Gasteiger partial charge in [0.2, 0.25) is 5.91 Å². The Bertz CT molecular complexity index is 797. The minimum atomic E-state index is -0.0455. The van der Waals surface area contributed by atoms with E-state index >= 15 is 0 Å². The van der Waals surface area contributed by atoms with Crippen molar-refractivity contribution in [3.05, 3.63) is 27.1 Å². The van der Waals surface area contributed by atoms with Gasteiger partial charge in [-0.1, -0.05) is 0 Å². The van der Waals surface area contributed by atoms with Crippen LogP contribution in [0.25, 0.3) is 10.2 Å². The Morgan fingerprint density at radius 3 is 3.08 bits per heavy atom. The van der Waals surface area contributed by atoms with E-state index in [0.717, 1.165) is 35.9 Å². The lowest BCUT2D eigenvalue weighted by atomic mass is 9.97. The van der Waals surface area contributed by atoms with E-state index < -0.39 is 0 Å². The first-order valence-corrected chi connectivity index (χ1v) is 9.86. The first-order chi connectivity index (χ1) is 12.2. The largest absolute Gasteiger partial charge is 0.382 e. The number of fused-ring (bicyclic) bond motifs is 3. The molecule has 0 spiro atoms. The summed E-state index contributed by atoms with van der Waals surface area (Å²) in [6.07, 6.45) is 7.02. The lowest BCUT2D eigenvalue weighted by molar-refractivity contribution is -0.121. The predicted molar refractivity (Wildman–Crippen MR) is 99.3 cm³/mol. The number of aryl methyl sites for hydroxylation is 3. The maximum atomic E-state index is 12.8. The second kappa shape index (κ2) is 8.58. The Morgan fingerprint density at radius 2 is 2.24 bits per heavy atom. The molecule has 0 radical (unpaired) electrons. The fourth-order valence-electron chi connectivity index (χ4n) is 3.20. The fourth-order valence-corrected chi connectivity index (χ4v) is 4.42. The first-order valence-electron chi connectivity index (χ1n) is 9.05. The topological polar surface area (TPSA) is 73.2 Å². The fraction of sp³-hybridized carbons (Fsp3) is 0.611. The maximum Gasteiger partial charge on any atom is 0.262 e. The maximum absolute atomic E-state index is 12.8. The molecule has 1 amide bonds. The molecular formula is C18H25N3O3S. The molecule has 0 aliphatic heterocycles. The molecule has 7 heteroatoms. The Morgan fingerprint density at radius 1 is 1.40 bits per heavy atom. The Kier molecular flexibility index (Phi) is 6.20. The van der Waals surface area contributed by atoms with Gasteiger partial charge in [-0.05, 0) is 44.6 Å². The summed E-state index contributed by atoms with van der Waals surface area (Å²) < 4.78 is 6.81. The van der Waals surface area contributed by atoms with Crippen LogP contribution < -0.4 is 10.9 Å². The molecule has 1 N–H and O–H groups in total. The van der Waals surface area contributed by atoms with Crippen molar-refractivity contribution in [3.8, 4) is 0 Å². The monoisotopic (exact) mass is 363 g/mol. The molecule has 0 atom stereocenters. The van der Waals surface area contributed by atoms with E-state index in [9.17, 15) is 9.59 Å². The van der Waals surface area contributed by atoms with Crippen LogP contribution in [0.15, 0.2) is 11.1 Å². The summed E-state index contributed by atoms with van der Waals surface area (Å²) in [6.45, 7) is 4.26. The van der Waals surface area contributed by atoms with E-state index in [2.05, 4.69) is 10.3 Å². The third-order valence-corrected chi connectivity index (χ3v) is 5.71. The molecule has 6 nitrogen and oxygen atoms in total. The van der Waals surface area contributed by atoms with Crippen molar-refractivity contribution in [2.24, 2.45) is 0 Å². The Labute approximate surface area is 151 Å². The quantitative estimate of drug-likeness (QED) is 0.730. The van der Waals surface area contributed by atoms with Gasteiger partial charge in [-0.3, -0.25) is 14.2 Å². The zero-order valence-electron chi connectivity index (χ0n) is 14.7. The summed E-state index contributed by atoms with van der Waals surface area (Å²) in [5.74, 6) is -0.0455. The average Bonchev–Trinajstić information content (AvgIpc) is 3.00. The molecule has 2 aromatic rings. The molecule has 1 aliphatic carbocycles. The molecule has 0 fully saturated rings. The first kappa shape index (κ1) is 18.1. The number of rotatable bonds is 8. The van der Waals surface area contributed by atoms with Gasteiger partial charge in [-0.25, -0.2) is 4.98 Å². The number of carbonyl (C=O) groups excluding carboxylic acids is 1. The highest BCUT2D eigenvalue weighted by molar-refractivity contribution is 7.18. The molecule has 0 saturated heterocycles. The molecule has 136 valence electrons. The van der Waals surface area contributed by atoms with Crippen LogP contribution in [0.1, 0.15) is 43.0 Å². The molecule has 1 aliphatic rings. The molecule has 0 aromatic carbocycles. The molecule has 3 rings (SSSR count). The summed E-state index contributed by atoms with van der Waals surface area (Å²) in [5, 5.41) is 3.64. The number of hydrogen-bond donors (Lipinski definition) is 1. The van der Waals surface area contributed by atoms with Crippen LogP contribution in [0.2, 0.25) is 0 Å². The predicted octanol–water partition coefficient (Wildman–Crippen LogP) is 2.27. The normalized spacial score (nSPS) is 13.8. The molecule has 0 saturated carbocycles. The standard InChI is InChI=1S/C18H25N3O3S/c1-2-24-11-5-9-19-15(22)8-10-21-12-20-17-16(18(21)23)13-6-3-4-7-14(13)25-17/h12H,2-11H2,1H3,(H,19,22). The number of amides is 1. The van der Waals surface area contributed by atoms with Crippen molar-refractivity contribution in [2.45, 2.75) is 52.0 Å². The smallest absolute Gasteiger partial charge is 0.262 e. The van der Waals surface area contributed by atoms with Crippen molar-refractivity contribution in [1.29, 1.82) is 0 Å². The molecule has 25 heavy (non-hydrogen) atoms. The van der Waals surface area contributed by atoms with Gasteiger partial charge in [-0.2, -0.15) is 0 Å². The third kappa shape index (κ3) is 4.27. The van der Waals surface area contributed by atoms with Crippen LogP contribution in [0.4, 0.5) is 0 Å². The van der Waals surface area contributed by atoms with E-state index in [4.69, 9.17) is 4.74 Å². The van der Waals surface area contributed by atoms with Crippen LogP contribution in [-0.4, -0.2) is 35.2 Å². The lowest BCUT2D eigenvalue weighted by Gasteiger charge is -2.10. The molecule has 2 heterocycles. The number of aromatic nitrogens is 2. The zero-order valence-corrected chi connectivity index (χ0v) is 15.5. The van der Waals surface area contributed by atoms with E-state index in [1.807, 2.05) is 6.92 Å². The van der Waals surface area contributed by atoms with Gasteiger partial charge in [0.1, 0.15) is 4.83 Å². The van der Waals surface area contributed by atoms with E-state index in [1.54, 1.807) is 22.2 Å². The Hall–Kier alpha value is -1.73. The number of carbonyl (C=O) groups is 1. The minimum Gasteiger partial charge on any atom is -0.382 e. The van der Waals surface area contributed by atoms with Crippen molar-refractivity contribution in [1.82, 2.24) is 14.9 Å². The number of ether oxygens (including phenoxy) is 1. The molecular weight excluding hydrogens is 338 g/mol. The summed E-state index contributed by atoms with van der Waals surface area (Å²) in [7, 11) is 0. The summed E-state index contributed by atoms with van der Waals surface area (Å²) in [5.41, 5.74) is 1.19. The number of nitrogens with one attached hydrogen (secondary N) is 1.